The van der Waals surface area contributed by atoms with Crippen LogP contribution in [0.15, 0.2) is 12.1 Å². The Labute approximate surface area is 193 Å². The second-order valence-electron chi connectivity index (χ2n) is 11.1. The van der Waals surface area contributed by atoms with E-state index in [0.717, 1.165) is 22.3 Å². The number of esters is 2. The van der Waals surface area contributed by atoms with E-state index < -0.39 is 58.7 Å². The van der Waals surface area contributed by atoms with Crippen molar-refractivity contribution in [2.45, 2.75) is 83.4 Å². The molecule has 178 valence electrons. The number of benzene rings is 1. The minimum atomic E-state index is -1.77. The third-order valence-electron chi connectivity index (χ3n) is 9.60. The molecule has 1 aromatic carbocycles. The van der Waals surface area contributed by atoms with Crippen molar-refractivity contribution in [3.8, 4) is 0 Å². The molecule has 0 amide bonds. The number of rotatable bonds is 3. The first-order chi connectivity index (χ1) is 15.6. The maximum Gasteiger partial charge on any atom is 0.348 e. The topological polar surface area (TPSA) is 102 Å². The fourth-order valence-corrected chi connectivity index (χ4v) is 7.64. The summed E-state index contributed by atoms with van der Waals surface area (Å²) in [5, 5.41) is 23.5. The van der Waals surface area contributed by atoms with Crippen LogP contribution in [0.3, 0.4) is 0 Å². The first-order valence-corrected chi connectivity index (χ1v) is 12.2. The van der Waals surface area contributed by atoms with E-state index in [1.54, 1.807) is 6.92 Å². The molecule has 6 rings (SSSR count). The molecule has 2 N–H and O–H groups in total. The Kier molecular flexibility index (Phi) is 4.30. The highest BCUT2D eigenvalue weighted by molar-refractivity contribution is 5.82. The molecule has 5 aliphatic rings. The van der Waals surface area contributed by atoms with Gasteiger partial charge >= 0.3 is 11.9 Å². The second-order valence-corrected chi connectivity index (χ2v) is 11.1. The van der Waals surface area contributed by atoms with Crippen molar-refractivity contribution in [1.82, 2.24) is 0 Å². The number of carbonyl (C=O) groups excluding carboxylic acids is 2. The van der Waals surface area contributed by atoms with Crippen molar-refractivity contribution >= 4 is 11.9 Å². The predicted molar refractivity (Wildman–Crippen MR) is 116 cm³/mol. The number of aryl methyl sites for hydroxylation is 2. The molecule has 7 nitrogen and oxygen atoms in total. The molecule has 1 unspecified atom stereocenters. The minimum Gasteiger partial charge on any atom is -0.459 e. The van der Waals surface area contributed by atoms with Crippen LogP contribution in [0.1, 0.15) is 61.3 Å². The van der Waals surface area contributed by atoms with E-state index >= 15 is 0 Å². The summed E-state index contributed by atoms with van der Waals surface area (Å²) >= 11 is 0. The van der Waals surface area contributed by atoms with Gasteiger partial charge in [-0.25, -0.2) is 4.79 Å². The van der Waals surface area contributed by atoms with E-state index in [4.69, 9.17) is 14.2 Å². The Bertz CT molecular complexity index is 1060. The molecular weight excluding hydrogens is 424 g/mol. The molecule has 2 bridgehead atoms. The number of fused-ring (bicyclic) bond motifs is 2. The van der Waals surface area contributed by atoms with Crippen LogP contribution in [0.4, 0.5) is 0 Å². The molecule has 4 fully saturated rings. The van der Waals surface area contributed by atoms with E-state index in [1.165, 1.54) is 0 Å². The summed E-state index contributed by atoms with van der Waals surface area (Å²) in [6, 6.07) is 4.07. The highest BCUT2D eigenvalue weighted by Gasteiger charge is 2.85. The first kappa shape index (κ1) is 21.6. The molecule has 8 atom stereocenters. The molecule has 2 saturated heterocycles. The molecule has 7 heteroatoms. The number of aliphatic hydroxyl groups excluding tert-OH is 1. The fraction of sp³-hybridized carbons (Fsp3) is 0.692. The molecule has 0 radical (unpaired) electrons. The number of carbonyl (C=O) groups is 2. The van der Waals surface area contributed by atoms with Crippen molar-refractivity contribution in [3.63, 3.8) is 0 Å². The Morgan fingerprint density at radius 3 is 2.64 bits per heavy atom. The van der Waals surface area contributed by atoms with Gasteiger partial charge in [-0.2, -0.15) is 0 Å². The molecular formula is C26H32O7. The highest BCUT2D eigenvalue weighted by Crippen LogP contribution is 2.77. The molecule has 3 aliphatic carbocycles. The lowest BCUT2D eigenvalue weighted by Gasteiger charge is -2.62. The number of hydrogen-bond donors (Lipinski definition) is 2. The quantitative estimate of drug-likeness (QED) is 0.673. The van der Waals surface area contributed by atoms with Crippen LogP contribution < -0.4 is 0 Å². The monoisotopic (exact) mass is 456 g/mol. The van der Waals surface area contributed by atoms with Crippen LogP contribution in [0.25, 0.3) is 0 Å². The Balaban J connectivity index is 1.57. The van der Waals surface area contributed by atoms with Crippen LogP contribution in [0, 0.1) is 36.5 Å². The molecule has 2 aliphatic heterocycles. The summed E-state index contributed by atoms with van der Waals surface area (Å²) in [4.78, 5) is 26.2. The van der Waals surface area contributed by atoms with Gasteiger partial charge in [0.2, 0.25) is 6.10 Å². The van der Waals surface area contributed by atoms with Gasteiger partial charge in [-0.3, -0.25) is 4.79 Å². The lowest BCUT2D eigenvalue weighted by Crippen LogP contribution is -2.72. The molecule has 2 saturated carbocycles. The smallest absolute Gasteiger partial charge is 0.348 e. The average molecular weight is 457 g/mol. The van der Waals surface area contributed by atoms with E-state index in [-0.39, 0.29) is 12.5 Å². The van der Waals surface area contributed by atoms with Gasteiger partial charge in [0.25, 0.3) is 0 Å². The van der Waals surface area contributed by atoms with E-state index in [2.05, 4.69) is 0 Å². The van der Waals surface area contributed by atoms with Gasteiger partial charge in [0.15, 0.2) is 5.79 Å². The normalized spacial score (nSPS) is 42.2. The fourth-order valence-electron chi connectivity index (χ4n) is 7.64. The van der Waals surface area contributed by atoms with E-state index in [1.807, 2.05) is 32.9 Å². The lowest BCUT2D eigenvalue weighted by atomic mass is 9.45. The van der Waals surface area contributed by atoms with Gasteiger partial charge in [-0.05, 0) is 55.4 Å². The Morgan fingerprint density at radius 2 is 1.97 bits per heavy atom. The van der Waals surface area contributed by atoms with Gasteiger partial charge in [0.1, 0.15) is 12.2 Å². The van der Waals surface area contributed by atoms with Crippen molar-refractivity contribution in [1.29, 1.82) is 0 Å². The third kappa shape index (κ3) is 2.41. The summed E-state index contributed by atoms with van der Waals surface area (Å²) in [7, 11) is 0. The molecule has 2 heterocycles. The highest BCUT2D eigenvalue weighted by atomic mass is 16.7. The van der Waals surface area contributed by atoms with Crippen LogP contribution in [0.5, 0.6) is 0 Å². The molecule has 1 aromatic rings. The Hall–Kier alpha value is -1.96. The molecule has 33 heavy (non-hydrogen) atoms. The standard InChI is InChI=1S/C26H32O7/c1-5-12(2)21(27)33-18-20-24(8-9-24)23(29)26(30)19-17-14(4)7-6-13(3)15(17)10-16(32-22(18)28)25(19,20)11-31-26/h6-7,12,16,18-20,23,29-30H,5,8-11H2,1-4H3/t12?,16-,18-,19-,20+,23-,25-,26+/m1/s1. The van der Waals surface area contributed by atoms with Gasteiger partial charge < -0.3 is 24.4 Å². The predicted octanol–water partition coefficient (Wildman–Crippen LogP) is 2.30. The van der Waals surface area contributed by atoms with Crippen molar-refractivity contribution in [2.75, 3.05) is 6.61 Å². The van der Waals surface area contributed by atoms with Crippen molar-refractivity contribution < 1.29 is 34.0 Å². The lowest BCUT2D eigenvalue weighted by molar-refractivity contribution is -0.291. The van der Waals surface area contributed by atoms with Crippen molar-refractivity contribution in [2.24, 2.45) is 22.7 Å². The first-order valence-electron chi connectivity index (χ1n) is 12.2. The Morgan fingerprint density at radius 1 is 1.27 bits per heavy atom. The van der Waals surface area contributed by atoms with E-state index in [9.17, 15) is 19.8 Å². The summed E-state index contributed by atoms with van der Waals surface area (Å²) in [6.45, 7) is 7.86. The van der Waals surface area contributed by atoms with Crippen LogP contribution >= 0.6 is 0 Å². The number of aliphatic hydroxyl groups is 2. The summed E-state index contributed by atoms with van der Waals surface area (Å²) in [5.41, 5.74) is 2.62. The molecule has 2 spiro atoms. The number of ether oxygens (including phenoxy) is 3. The van der Waals surface area contributed by atoms with E-state index in [0.29, 0.717) is 25.7 Å². The van der Waals surface area contributed by atoms with Crippen LogP contribution in [-0.4, -0.2) is 52.9 Å². The maximum absolute atomic E-state index is 13.3. The van der Waals surface area contributed by atoms with Crippen LogP contribution in [-0.2, 0) is 30.2 Å². The summed E-state index contributed by atoms with van der Waals surface area (Å²) in [6.07, 6.45) is -0.376. The third-order valence-corrected chi connectivity index (χ3v) is 9.60. The van der Waals surface area contributed by atoms with Gasteiger partial charge in [0, 0.05) is 17.8 Å². The zero-order valence-electron chi connectivity index (χ0n) is 19.6. The SMILES string of the molecule is CCC(C)C(=O)O[C@H]1C(=O)O[C@@H]2Cc3c(C)ccc(C)c3[C@H]3[C@]4(O)OC[C@@]23[C@@H]1C1(CC1)[C@H]4O. The zero-order chi connectivity index (χ0) is 23.5. The number of hydrogen-bond acceptors (Lipinski definition) is 7. The van der Waals surface area contributed by atoms with Crippen molar-refractivity contribution in [3.05, 3.63) is 34.4 Å². The van der Waals surface area contributed by atoms with Gasteiger partial charge in [-0.15, -0.1) is 0 Å². The largest absolute Gasteiger partial charge is 0.459 e. The maximum atomic E-state index is 13.3. The summed E-state index contributed by atoms with van der Waals surface area (Å²) < 4.78 is 18.0. The van der Waals surface area contributed by atoms with Gasteiger partial charge in [-0.1, -0.05) is 26.0 Å². The van der Waals surface area contributed by atoms with Crippen LogP contribution in [0.2, 0.25) is 0 Å². The zero-order valence-corrected chi connectivity index (χ0v) is 19.6. The van der Waals surface area contributed by atoms with Gasteiger partial charge in [0.05, 0.1) is 23.9 Å². The minimum absolute atomic E-state index is 0.153. The molecule has 0 aromatic heterocycles. The second kappa shape index (κ2) is 6.58. The summed E-state index contributed by atoms with van der Waals surface area (Å²) in [5.74, 6) is -4.13. The average Bonchev–Trinajstić information content (AvgIpc) is 3.53.